The average molecular weight is 579 g/mol. The van der Waals surface area contributed by atoms with Gasteiger partial charge in [0.25, 0.3) is 0 Å². The summed E-state index contributed by atoms with van der Waals surface area (Å²) < 4.78 is 9.03. The number of nitrogens with zero attached hydrogens (tertiary/aromatic N) is 4. The second-order valence-corrected chi connectivity index (χ2v) is 15.9. The summed E-state index contributed by atoms with van der Waals surface area (Å²) in [5.41, 5.74) is 2.79. The summed E-state index contributed by atoms with van der Waals surface area (Å²) in [5, 5.41) is 4.65. The van der Waals surface area contributed by atoms with E-state index in [1.807, 2.05) is 21.7 Å². The Morgan fingerprint density at radius 1 is 1.27 bits per heavy atom. The first-order valence-corrected chi connectivity index (χ1v) is 15.0. The Labute approximate surface area is 210 Å². The third-order valence-corrected chi connectivity index (χ3v) is 12.0. The van der Waals surface area contributed by atoms with E-state index in [0.29, 0.717) is 34.6 Å². The number of hydrogen-bond donors (Lipinski definition) is 0. The van der Waals surface area contributed by atoms with Gasteiger partial charge in [0.15, 0.2) is 19.8 Å². The molecule has 0 N–H and O–H groups in total. The van der Waals surface area contributed by atoms with Gasteiger partial charge < -0.3 is 9.33 Å². The normalized spacial score (nSPS) is 16.3. The summed E-state index contributed by atoms with van der Waals surface area (Å²) in [5.74, 6) is -0.0647. The molecule has 2 aromatic rings. The standard InChI is InChI=1S/C24H31IN4O3Si/c1-16(30)22-20-14-28(21(31)12-17-8-10-18(26-5)11-9-17)19(13-29(20)27-23(22)25)15-32-33(6,7)24(2,3)4/h8-11,19H,12-15H2,1-4,6-7H3. The van der Waals surface area contributed by atoms with E-state index in [1.165, 1.54) is 6.92 Å². The Bertz CT molecular complexity index is 1100. The summed E-state index contributed by atoms with van der Waals surface area (Å²) in [6.07, 6.45) is 0.232. The fraction of sp³-hybridized carbons (Fsp3) is 0.500. The Morgan fingerprint density at radius 3 is 2.45 bits per heavy atom. The van der Waals surface area contributed by atoms with E-state index >= 15 is 0 Å². The summed E-state index contributed by atoms with van der Waals surface area (Å²) in [6.45, 7) is 20.9. The third kappa shape index (κ3) is 5.55. The Morgan fingerprint density at radius 2 is 1.91 bits per heavy atom. The minimum Gasteiger partial charge on any atom is -0.415 e. The molecule has 1 atom stereocenters. The van der Waals surface area contributed by atoms with Gasteiger partial charge in [-0.2, -0.15) is 5.10 Å². The van der Waals surface area contributed by atoms with Crippen molar-refractivity contribution in [2.75, 3.05) is 6.61 Å². The molecule has 3 rings (SSSR count). The van der Waals surface area contributed by atoms with E-state index in [1.54, 1.807) is 12.1 Å². The molecule has 1 unspecified atom stereocenters. The summed E-state index contributed by atoms with van der Waals surface area (Å²) in [7, 11) is -2.00. The fourth-order valence-corrected chi connectivity index (χ4v) is 5.63. The highest BCUT2D eigenvalue weighted by Crippen LogP contribution is 2.37. The lowest BCUT2D eigenvalue weighted by Gasteiger charge is -2.41. The van der Waals surface area contributed by atoms with Crippen LogP contribution in [-0.2, 0) is 28.7 Å². The van der Waals surface area contributed by atoms with Gasteiger partial charge in [0, 0.05) is 0 Å². The minimum atomic E-state index is -2.00. The number of rotatable bonds is 6. The molecule has 0 saturated heterocycles. The van der Waals surface area contributed by atoms with Crippen molar-refractivity contribution in [2.24, 2.45) is 0 Å². The van der Waals surface area contributed by atoms with Crippen LogP contribution in [0.3, 0.4) is 0 Å². The lowest BCUT2D eigenvalue weighted by atomic mass is 10.1. The zero-order valence-corrected chi connectivity index (χ0v) is 23.3. The predicted octanol–water partition coefficient (Wildman–Crippen LogP) is 5.22. The monoisotopic (exact) mass is 578 g/mol. The quantitative estimate of drug-likeness (QED) is 0.204. The second-order valence-electron chi connectivity index (χ2n) is 10.1. The van der Waals surface area contributed by atoms with E-state index in [4.69, 9.17) is 11.0 Å². The van der Waals surface area contributed by atoms with Gasteiger partial charge in [-0.3, -0.25) is 14.3 Å². The van der Waals surface area contributed by atoms with Gasteiger partial charge in [0.1, 0.15) is 3.70 Å². The number of halogens is 1. The second kappa shape index (κ2) is 9.68. The van der Waals surface area contributed by atoms with Crippen LogP contribution in [-0.4, -0.2) is 47.3 Å². The van der Waals surface area contributed by atoms with Crippen molar-refractivity contribution in [2.45, 2.75) is 71.4 Å². The number of hydrogen-bond acceptors (Lipinski definition) is 4. The van der Waals surface area contributed by atoms with Crippen molar-refractivity contribution >= 4 is 48.3 Å². The molecule has 0 aliphatic carbocycles. The Balaban J connectivity index is 1.89. The molecule has 0 fully saturated rings. The molecule has 0 radical (unpaired) electrons. The van der Waals surface area contributed by atoms with Crippen LogP contribution < -0.4 is 0 Å². The minimum absolute atomic E-state index is 0.0219. The van der Waals surface area contributed by atoms with Crippen molar-refractivity contribution < 1.29 is 14.0 Å². The fourth-order valence-electron chi connectivity index (χ4n) is 3.63. The van der Waals surface area contributed by atoms with Gasteiger partial charge >= 0.3 is 0 Å². The van der Waals surface area contributed by atoms with Crippen LogP contribution in [0.2, 0.25) is 18.1 Å². The van der Waals surface area contributed by atoms with Gasteiger partial charge in [0.2, 0.25) is 5.91 Å². The molecule has 1 aliphatic heterocycles. The summed E-state index contributed by atoms with van der Waals surface area (Å²) >= 11 is 2.09. The van der Waals surface area contributed by atoms with Gasteiger partial charge in [0.05, 0.1) is 50.0 Å². The van der Waals surface area contributed by atoms with Crippen molar-refractivity contribution in [1.29, 1.82) is 0 Å². The van der Waals surface area contributed by atoms with Crippen molar-refractivity contribution in [3.8, 4) is 0 Å². The first kappa shape index (κ1) is 25.6. The van der Waals surface area contributed by atoms with Crippen LogP contribution in [0.25, 0.3) is 4.85 Å². The zero-order chi connectivity index (χ0) is 24.6. The number of Topliss-reactive ketones (excluding diaryl/α,β-unsaturated/α-hetero) is 1. The maximum atomic E-state index is 13.5. The SMILES string of the molecule is [C-]#[N+]c1ccc(CC(=O)N2Cc3c(C(C)=O)c(I)nn3CC2CO[Si](C)(C)C(C)(C)C)cc1. The smallest absolute Gasteiger partial charge is 0.227 e. The Kier molecular flexibility index (Phi) is 7.51. The van der Waals surface area contributed by atoms with Crippen LogP contribution in [0, 0.1) is 10.3 Å². The molecule has 33 heavy (non-hydrogen) atoms. The Hall–Kier alpha value is -2.03. The molecule has 1 amide bonds. The van der Waals surface area contributed by atoms with Gasteiger partial charge in [-0.05, 0) is 53.2 Å². The molecule has 9 heteroatoms. The highest BCUT2D eigenvalue weighted by atomic mass is 127. The highest BCUT2D eigenvalue weighted by Gasteiger charge is 2.40. The van der Waals surface area contributed by atoms with Gasteiger partial charge in [-0.15, -0.1) is 0 Å². The van der Waals surface area contributed by atoms with Crippen LogP contribution in [0.15, 0.2) is 24.3 Å². The molecule has 7 nitrogen and oxygen atoms in total. The molecule has 176 valence electrons. The first-order chi connectivity index (χ1) is 15.3. The number of fused-ring (bicyclic) bond motifs is 1. The third-order valence-electron chi connectivity index (χ3n) is 6.70. The molecular formula is C24H31IN4O3Si. The van der Waals surface area contributed by atoms with E-state index in [2.05, 4.69) is 66.4 Å². The molecule has 1 aromatic heterocycles. The summed E-state index contributed by atoms with van der Waals surface area (Å²) in [6, 6.07) is 6.94. The largest absolute Gasteiger partial charge is 0.415 e. The maximum absolute atomic E-state index is 13.5. The van der Waals surface area contributed by atoms with E-state index in [9.17, 15) is 9.59 Å². The van der Waals surface area contributed by atoms with Crippen LogP contribution in [0.5, 0.6) is 0 Å². The number of ketones is 1. The summed E-state index contributed by atoms with van der Waals surface area (Å²) in [4.78, 5) is 31.0. The number of carbonyl (C=O) groups is 2. The van der Waals surface area contributed by atoms with Crippen molar-refractivity contribution in [3.05, 3.63) is 56.2 Å². The molecule has 0 bridgehead atoms. The van der Waals surface area contributed by atoms with Crippen LogP contribution in [0.4, 0.5) is 5.69 Å². The molecular weight excluding hydrogens is 547 g/mol. The molecule has 2 heterocycles. The van der Waals surface area contributed by atoms with Gasteiger partial charge in [-0.1, -0.05) is 45.0 Å². The molecule has 1 aromatic carbocycles. The number of benzene rings is 1. The average Bonchev–Trinajstić information content (AvgIpc) is 3.06. The van der Waals surface area contributed by atoms with E-state index in [-0.39, 0.29) is 29.2 Å². The first-order valence-electron chi connectivity index (χ1n) is 11.0. The van der Waals surface area contributed by atoms with Crippen LogP contribution >= 0.6 is 22.6 Å². The molecule has 1 aliphatic rings. The van der Waals surface area contributed by atoms with Crippen molar-refractivity contribution in [3.63, 3.8) is 0 Å². The lowest BCUT2D eigenvalue weighted by Crippen LogP contribution is -2.52. The zero-order valence-electron chi connectivity index (χ0n) is 20.1. The predicted molar refractivity (Wildman–Crippen MR) is 139 cm³/mol. The van der Waals surface area contributed by atoms with Gasteiger partial charge in [-0.25, -0.2) is 4.85 Å². The van der Waals surface area contributed by atoms with Crippen molar-refractivity contribution in [1.82, 2.24) is 14.7 Å². The lowest BCUT2D eigenvalue weighted by molar-refractivity contribution is -0.135. The van der Waals surface area contributed by atoms with Crippen LogP contribution in [0.1, 0.15) is 49.3 Å². The topological polar surface area (TPSA) is 68.8 Å². The molecule has 0 spiro atoms. The van der Waals surface area contributed by atoms with E-state index < -0.39 is 8.32 Å². The van der Waals surface area contributed by atoms with E-state index in [0.717, 1.165) is 11.3 Å². The number of amides is 1. The maximum Gasteiger partial charge on any atom is 0.227 e. The number of carbonyl (C=O) groups excluding carboxylic acids is 2. The molecule has 0 saturated carbocycles. The highest BCUT2D eigenvalue weighted by molar-refractivity contribution is 14.1. The number of aromatic nitrogens is 2.